The highest BCUT2D eigenvalue weighted by Gasteiger charge is 2.31. The summed E-state index contributed by atoms with van der Waals surface area (Å²) in [7, 11) is 1.54. The van der Waals surface area contributed by atoms with Crippen LogP contribution in [-0.2, 0) is 21.5 Å². The number of ether oxygens (including phenoxy) is 2. The van der Waals surface area contributed by atoms with E-state index in [0.717, 1.165) is 12.0 Å². The zero-order valence-electron chi connectivity index (χ0n) is 16.5. The van der Waals surface area contributed by atoms with Crippen LogP contribution in [0.2, 0.25) is 0 Å². The van der Waals surface area contributed by atoms with Crippen LogP contribution in [-0.4, -0.2) is 30.7 Å². The van der Waals surface area contributed by atoms with Gasteiger partial charge < -0.3 is 19.9 Å². The molecular formula is C22H27NO5. The molecule has 2 aromatic rings. The van der Waals surface area contributed by atoms with Crippen molar-refractivity contribution in [2.24, 2.45) is 0 Å². The maximum absolute atomic E-state index is 12.7. The standard InChI is InChI=1S/C22H27NO5/c1-4-11-28-19-10-5-7-16(12-19)13-20(24)23-22(2,15-21(25)26)17-8-6-9-18(14-17)27-3/h5-10,12,14H,4,11,13,15H2,1-3H3,(H,23,24)(H,25,26). The first-order valence-electron chi connectivity index (χ1n) is 9.25. The molecule has 1 unspecified atom stereocenters. The predicted octanol–water partition coefficient (Wildman–Crippen LogP) is 3.53. The predicted molar refractivity (Wildman–Crippen MR) is 107 cm³/mol. The second-order valence-corrected chi connectivity index (χ2v) is 6.86. The second-order valence-electron chi connectivity index (χ2n) is 6.86. The van der Waals surface area contributed by atoms with Gasteiger partial charge in [0, 0.05) is 0 Å². The molecule has 0 bridgehead atoms. The number of carbonyl (C=O) groups excluding carboxylic acids is 1. The van der Waals surface area contributed by atoms with E-state index in [1.165, 1.54) is 0 Å². The zero-order chi connectivity index (χ0) is 20.6. The molecule has 2 rings (SSSR count). The fourth-order valence-electron chi connectivity index (χ4n) is 2.99. The molecule has 0 aliphatic carbocycles. The fraction of sp³-hybridized carbons (Fsp3) is 0.364. The highest BCUT2D eigenvalue weighted by atomic mass is 16.5. The van der Waals surface area contributed by atoms with Crippen LogP contribution < -0.4 is 14.8 Å². The Morgan fingerprint density at radius 2 is 1.82 bits per heavy atom. The summed E-state index contributed by atoms with van der Waals surface area (Å²) >= 11 is 0. The largest absolute Gasteiger partial charge is 0.497 e. The van der Waals surface area contributed by atoms with Gasteiger partial charge in [0.05, 0.1) is 32.1 Å². The Labute approximate surface area is 165 Å². The van der Waals surface area contributed by atoms with Crippen molar-refractivity contribution in [3.05, 3.63) is 59.7 Å². The number of amides is 1. The number of benzene rings is 2. The quantitative estimate of drug-likeness (QED) is 0.653. The molecule has 150 valence electrons. The SMILES string of the molecule is CCCOc1cccc(CC(=O)NC(C)(CC(=O)O)c2cccc(OC)c2)c1. The molecule has 0 aromatic heterocycles. The molecule has 2 N–H and O–H groups in total. The van der Waals surface area contributed by atoms with Gasteiger partial charge in [-0.25, -0.2) is 0 Å². The van der Waals surface area contributed by atoms with E-state index in [-0.39, 0.29) is 18.7 Å². The lowest BCUT2D eigenvalue weighted by molar-refractivity contribution is -0.139. The number of carbonyl (C=O) groups is 2. The third-order valence-corrected chi connectivity index (χ3v) is 4.36. The normalized spacial score (nSPS) is 12.7. The number of aliphatic carboxylic acids is 1. The highest BCUT2D eigenvalue weighted by Crippen LogP contribution is 2.28. The molecule has 0 aliphatic rings. The Bertz CT molecular complexity index is 820. The number of hydrogen-bond donors (Lipinski definition) is 2. The average Bonchev–Trinajstić information content (AvgIpc) is 2.66. The Balaban J connectivity index is 2.17. The molecule has 0 radical (unpaired) electrons. The van der Waals surface area contributed by atoms with Crippen LogP contribution in [0.3, 0.4) is 0 Å². The summed E-state index contributed by atoms with van der Waals surface area (Å²) in [6.45, 7) is 4.34. The molecule has 28 heavy (non-hydrogen) atoms. The molecule has 0 heterocycles. The van der Waals surface area contributed by atoms with Crippen LogP contribution in [0.4, 0.5) is 0 Å². The average molecular weight is 385 g/mol. The molecule has 0 saturated carbocycles. The lowest BCUT2D eigenvalue weighted by atomic mass is 9.88. The summed E-state index contributed by atoms with van der Waals surface area (Å²) < 4.78 is 10.8. The number of hydrogen-bond acceptors (Lipinski definition) is 4. The summed E-state index contributed by atoms with van der Waals surface area (Å²) in [5.41, 5.74) is 0.408. The monoisotopic (exact) mass is 385 g/mol. The lowest BCUT2D eigenvalue weighted by Gasteiger charge is -2.30. The van der Waals surface area contributed by atoms with E-state index >= 15 is 0 Å². The molecule has 6 heteroatoms. The molecule has 1 amide bonds. The van der Waals surface area contributed by atoms with E-state index in [9.17, 15) is 14.7 Å². The van der Waals surface area contributed by atoms with Gasteiger partial charge in [-0.1, -0.05) is 31.2 Å². The van der Waals surface area contributed by atoms with Gasteiger partial charge in [0.1, 0.15) is 11.5 Å². The zero-order valence-corrected chi connectivity index (χ0v) is 16.5. The summed E-state index contributed by atoms with van der Waals surface area (Å²) in [6.07, 6.45) is 0.785. The van der Waals surface area contributed by atoms with E-state index in [4.69, 9.17) is 9.47 Å². The molecule has 1 atom stereocenters. The van der Waals surface area contributed by atoms with Crippen molar-refractivity contribution in [2.75, 3.05) is 13.7 Å². The molecule has 0 fully saturated rings. The van der Waals surface area contributed by atoms with Gasteiger partial charge in [-0.05, 0) is 48.7 Å². The number of nitrogens with one attached hydrogen (secondary N) is 1. The molecule has 2 aromatic carbocycles. The molecule has 0 aliphatic heterocycles. The van der Waals surface area contributed by atoms with E-state index in [0.29, 0.717) is 23.7 Å². The van der Waals surface area contributed by atoms with Crippen LogP contribution in [0.1, 0.15) is 37.8 Å². The maximum Gasteiger partial charge on any atom is 0.306 e. The van der Waals surface area contributed by atoms with Crippen molar-refractivity contribution >= 4 is 11.9 Å². The van der Waals surface area contributed by atoms with Gasteiger partial charge in [-0.2, -0.15) is 0 Å². The minimum atomic E-state index is -1.06. The summed E-state index contributed by atoms with van der Waals surface area (Å²) in [4.78, 5) is 24.1. The molecule has 6 nitrogen and oxygen atoms in total. The maximum atomic E-state index is 12.7. The van der Waals surface area contributed by atoms with Crippen molar-refractivity contribution in [3.8, 4) is 11.5 Å². The van der Waals surface area contributed by atoms with Crippen LogP contribution in [0.5, 0.6) is 11.5 Å². The van der Waals surface area contributed by atoms with Gasteiger partial charge in [0.15, 0.2) is 0 Å². The molecule has 0 saturated heterocycles. The van der Waals surface area contributed by atoms with Crippen molar-refractivity contribution in [2.45, 2.75) is 38.6 Å². The summed E-state index contributed by atoms with van der Waals surface area (Å²) in [5, 5.41) is 12.2. The first-order chi connectivity index (χ1) is 13.4. The Morgan fingerprint density at radius 1 is 1.11 bits per heavy atom. The third kappa shape index (κ3) is 6.01. The van der Waals surface area contributed by atoms with Crippen LogP contribution >= 0.6 is 0 Å². The topological polar surface area (TPSA) is 84.9 Å². The van der Waals surface area contributed by atoms with Crippen LogP contribution in [0.25, 0.3) is 0 Å². The minimum Gasteiger partial charge on any atom is -0.497 e. The van der Waals surface area contributed by atoms with Gasteiger partial charge >= 0.3 is 5.97 Å². The van der Waals surface area contributed by atoms with Crippen molar-refractivity contribution in [1.29, 1.82) is 0 Å². The number of methoxy groups -OCH3 is 1. The van der Waals surface area contributed by atoms with Crippen LogP contribution in [0.15, 0.2) is 48.5 Å². The number of carboxylic acid groups (broad SMARTS) is 1. The van der Waals surface area contributed by atoms with Crippen molar-refractivity contribution in [3.63, 3.8) is 0 Å². The lowest BCUT2D eigenvalue weighted by Crippen LogP contribution is -2.45. The van der Waals surface area contributed by atoms with E-state index in [2.05, 4.69) is 5.32 Å². The minimum absolute atomic E-state index is 0.127. The van der Waals surface area contributed by atoms with E-state index in [1.807, 2.05) is 31.2 Å². The first kappa shape index (κ1) is 21.3. The van der Waals surface area contributed by atoms with E-state index in [1.54, 1.807) is 38.3 Å². The van der Waals surface area contributed by atoms with E-state index < -0.39 is 11.5 Å². The first-order valence-corrected chi connectivity index (χ1v) is 9.25. The summed E-state index contributed by atoms with van der Waals surface area (Å²) in [6, 6.07) is 14.4. The highest BCUT2D eigenvalue weighted by molar-refractivity contribution is 5.81. The molecule has 0 spiro atoms. The number of rotatable bonds is 10. The van der Waals surface area contributed by atoms with Gasteiger partial charge in [-0.3, -0.25) is 9.59 Å². The van der Waals surface area contributed by atoms with Crippen molar-refractivity contribution in [1.82, 2.24) is 5.32 Å². The second kappa shape index (κ2) is 9.78. The van der Waals surface area contributed by atoms with Gasteiger partial charge in [-0.15, -0.1) is 0 Å². The smallest absolute Gasteiger partial charge is 0.306 e. The Hall–Kier alpha value is -3.02. The Kier molecular flexibility index (Phi) is 7.44. The Morgan fingerprint density at radius 3 is 2.50 bits per heavy atom. The number of carboxylic acids is 1. The van der Waals surface area contributed by atoms with Crippen LogP contribution in [0, 0.1) is 0 Å². The fourth-order valence-corrected chi connectivity index (χ4v) is 2.99. The van der Waals surface area contributed by atoms with Gasteiger partial charge in [0.2, 0.25) is 5.91 Å². The van der Waals surface area contributed by atoms with Gasteiger partial charge in [0.25, 0.3) is 0 Å². The molecular weight excluding hydrogens is 358 g/mol. The van der Waals surface area contributed by atoms with Crippen molar-refractivity contribution < 1.29 is 24.2 Å². The summed E-state index contributed by atoms with van der Waals surface area (Å²) in [5.74, 6) is 0.0529. The third-order valence-electron chi connectivity index (χ3n) is 4.36.